The summed E-state index contributed by atoms with van der Waals surface area (Å²) in [6.45, 7) is 1.49. The fourth-order valence-electron chi connectivity index (χ4n) is 1.66. The average molecular weight is 255 g/mol. The van der Waals surface area contributed by atoms with Crippen LogP contribution in [-0.2, 0) is 17.8 Å². The summed E-state index contributed by atoms with van der Waals surface area (Å²) in [6.07, 6.45) is 2.68. The van der Waals surface area contributed by atoms with Crippen LogP contribution in [0.15, 0.2) is 18.3 Å². The highest BCUT2D eigenvalue weighted by Gasteiger charge is 2.19. The van der Waals surface area contributed by atoms with Gasteiger partial charge in [0.05, 0.1) is 5.33 Å². The molecule has 2 rings (SSSR count). The molecule has 14 heavy (non-hydrogen) atoms. The lowest BCUT2D eigenvalue weighted by Crippen LogP contribution is -2.36. The molecule has 0 atom stereocenters. The highest BCUT2D eigenvalue weighted by atomic mass is 79.9. The zero-order chi connectivity index (χ0) is 9.97. The van der Waals surface area contributed by atoms with Crippen molar-refractivity contribution in [3.8, 4) is 0 Å². The smallest absolute Gasteiger partial charge is 0.233 e. The fourth-order valence-corrected chi connectivity index (χ4v) is 2.02. The maximum Gasteiger partial charge on any atom is 0.233 e. The number of amides is 1. The fraction of sp³-hybridized carbons (Fsp3) is 0.400. The van der Waals surface area contributed by atoms with E-state index in [9.17, 15) is 4.79 Å². The van der Waals surface area contributed by atoms with Crippen molar-refractivity contribution in [1.29, 1.82) is 0 Å². The molecule has 0 aliphatic carbocycles. The molecule has 3 nitrogen and oxygen atoms in total. The van der Waals surface area contributed by atoms with Crippen molar-refractivity contribution in [2.75, 3.05) is 11.9 Å². The molecule has 0 fully saturated rings. The molecule has 1 aromatic rings. The van der Waals surface area contributed by atoms with Crippen molar-refractivity contribution in [2.45, 2.75) is 13.0 Å². The van der Waals surface area contributed by atoms with Gasteiger partial charge in [-0.3, -0.25) is 9.78 Å². The molecule has 0 radical (unpaired) electrons. The number of alkyl halides is 1. The van der Waals surface area contributed by atoms with E-state index in [0.29, 0.717) is 11.9 Å². The Kier molecular flexibility index (Phi) is 2.82. The Hall–Kier alpha value is -0.900. The molecule has 0 aromatic carbocycles. The number of hydrogen-bond acceptors (Lipinski definition) is 2. The molecule has 0 bridgehead atoms. The molecule has 0 N–H and O–H groups in total. The first-order valence-corrected chi connectivity index (χ1v) is 5.70. The molecule has 1 aliphatic rings. The summed E-state index contributed by atoms with van der Waals surface area (Å²) in [7, 11) is 0. The van der Waals surface area contributed by atoms with Gasteiger partial charge in [0, 0.05) is 31.4 Å². The van der Waals surface area contributed by atoms with Gasteiger partial charge in [-0.15, -0.1) is 0 Å². The third kappa shape index (κ3) is 1.80. The molecular formula is C10H11BrN2O. The van der Waals surface area contributed by atoms with Crippen molar-refractivity contribution in [1.82, 2.24) is 9.88 Å². The van der Waals surface area contributed by atoms with Crippen LogP contribution in [0.2, 0.25) is 0 Å². The Bertz CT molecular complexity index is 354. The Morgan fingerprint density at radius 2 is 2.50 bits per heavy atom. The molecular weight excluding hydrogens is 244 g/mol. The molecule has 2 heterocycles. The number of fused-ring (bicyclic) bond motifs is 1. The molecule has 0 saturated carbocycles. The summed E-state index contributed by atoms with van der Waals surface area (Å²) < 4.78 is 0. The third-order valence-corrected chi connectivity index (χ3v) is 2.91. The van der Waals surface area contributed by atoms with Crippen LogP contribution in [0.3, 0.4) is 0 Å². The van der Waals surface area contributed by atoms with Crippen LogP contribution in [0.25, 0.3) is 0 Å². The van der Waals surface area contributed by atoms with E-state index in [1.54, 1.807) is 6.20 Å². The molecule has 4 heteroatoms. The summed E-state index contributed by atoms with van der Waals surface area (Å²) in [6, 6.07) is 3.96. The van der Waals surface area contributed by atoms with Gasteiger partial charge in [-0.25, -0.2) is 0 Å². The summed E-state index contributed by atoms with van der Waals surface area (Å²) >= 11 is 3.18. The third-order valence-electron chi connectivity index (χ3n) is 2.43. The Labute approximate surface area is 91.3 Å². The monoisotopic (exact) mass is 254 g/mol. The van der Waals surface area contributed by atoms with Gasteiger partial charge < -0.3 is 4.90 Å². The highest BCUT2D eigenvalue weighted by Crippen LogP contribution is 2.16. The molecule has 0 saturated heterocycles. The van der Waals surface area contributed by atoms with Crippen LogP contribution in [0.1, 0.15) is 11.3 Å². The summed E-state index contributed by atoms with van der Waals surface area (Å²) in [5.41, 5.74) is 2.30. The zero-order valence-corrected chi connectivity index (χ0v) is 9.33. The van der Waals surface area contributed by atoms with Crippen molar-refractivity contribution in [3.05, 3.63) is 29.6 Å². The maximum atomic E-state index is 11.4. The van der Waals surface area contributed by atoms with Gasteiger partial charge >= 0.3 is 0 Å². The van der Waals surface area contributed by atoms with E-state index in [1.807, 2.05) is 17.0 Å². The number of pyridine rings is 1. The second-order valence-electron chi connectivity index (χ2n) is 3.31. The van der Waals surface area contributed by atoms with E-state index in [4.69, 9.17) is 0 Å². The molecule has 1 aromatic heterocycles. The van der Waals surface area contributed by atoms with Gasteiger partial charge in [0.25, 0.3) is 0 Å². The molecule has 1 aliphatic heterocycles. The van der Waals surface area contributed by atoms with Gasteiger partial charge in [-0.1, -0.05) is 22.0 Å². The second-order valence-corrected chi connectivity index (χ2v) is 3.87. The van der Waals surface area contributed by atoms with Gasteiger partial charge in [-0.2, -0.15) is 0 Å². The van der Waals surface area contributed by atoms with Gasteiger partial charge in [0.2, 0.25) is 5.91 Å². The quantitative estimate of drug-likeness (QED) is 0.710. The van der Waals surface area contributed by atoms with Crippen LogP contribution >= 0.6 is 15.9 Å². The van der Waals surface area contributed by atoms with Gasteiger partial charge in [0.1, 0.15) is 0 Å². The number of hydrogen-bond donors (Lipinski definition) is 0. The first-order chi connectivity index (χ1) is 6.81. The normalized spacial score (nSPS) is 15.1. The van der Waals surface area contributed by atoms with E-state index in [1.165, 1.54) is 5.56 Å². The average Bonchev–Trinajstić information content (AvgIpc) is 2.27. The molecule has 0 spiro atoms. The van der Waals surface area contributed by atoms with Gasteiger partial charge in [-0.05, 0) is 11.6 Å². The number of carbonyl (C=O) groups excluding carboxylic acids is 1. The number of nitrogens with zero attached hydrogens (tertiary/aromatic N) is 2. The lowest BCUT2D eigenvalue weighted by atomic mass is 10.1. The first kappa shape index (κ1) is 9.65. The molecule has 1 amide bonds. The Morgan fingerprint density at radius 1 is 1.64 bits per heavy atom. The van der Waals surface area contributed by atoms with Crippen molar-refractivity contribution >= 4 is 21.8 Å². The number of carbonyl (C=O) groups is 1. The van der Waals surface area contributed by atoms with E-state index in [-0.39, 0.29) is 5.91 Å². The van der Waals surface area contributed by atoms with Gasteiger partial charge in [0.15, 0.2) is 0 Å². The Morgan fingerprint density at radius 3 is 3.29 bits per heavy atom. The minimum Gasteiger partial charge on any atom is -0.337 e. The van der Waals surface area contributed by atoms with Crippen LogP contribution in [0.4, 0.5) is 0 Å². The SMILES string of the molecule is O=C(CBr)N1CCc2ncccc2C1. The second kappa shape index (κ2) is 4.09. The van der Waals surface area contributed by atoms with Crippen LogP contribution in [0.5, 0.6) is 0 Å². The largest absolute Gasteiger partial charge is 0.337 e. The molecule has 0 unspecified atom stereocenters. The van der Waals surface area contributed by atoms with E-state index in [0.717, 1.165) is 18.7 Å². The lowest BCUT2D eigenvalue weighted by Gasteiger charge is -2.27. The predicted molar refractivity (Wildman–Crippen MR) is 57.2 cm³/mol. The summed E-state index contributed by atoms with van der Waals surface area (Å²) in [5.74, 6) is 0.152. The van der Waals surface area contributed by atoms with Crippen LogP contribution in [-0.4, -0.2) is 27.7 Å². The van der Waals surface area contributed by atoms with E-state index < -0.39 is 0 Å². The maximum absolute atomic E-state index is 11.4. The number of rotatable bonds is 1. The number of halogens is 1. The van der Waals surface area contributed by atoms with Crippen LogP contribution in [0, 0.1) is 0 Å². The Balaban J connectivity index is 2.17. The summed E-state index contributed by atoms with van der Waals surface area (Å²) in [4.78, 5) is 17.6. The van der Waals surface area contributed by atoms with Crippen molar-refractivity contribution < 1.29 is 4.79 Å². The van der Waals surface area contributed by atoms with Crippen molar-refractivity contribution in [2.24, 2.45) is 0 Å². The molecule has 74 valence electrons. The van der Waals surface area contributed by atoms with E-state index >= 15 is 0 Å². The standard InChI is InChI=1S/C10H11BrN2O/c11-6-10(14)13-5-3-9-8(7-13)2-1-4-12-9/h1-2,4H,3,5-7H2. The highest BCUT2D eigenvalue weighted by molar-refractivity contribution is 9.09. The predicted octanol–water partition coefficient (Wildman–Crippen LogP) is 1.36. The minimum atomic E-state index is 0.152. The zero-order valence-electron chi connectivity index (χ0n) is 7.74. The van der Waals surface area contributed by atoms with Crippen molar-refractivity contribution in [3.63, 3.8) is 0 Å². The summed E-state index contributed by atoms with van der Waals surface area (Å²) in [5, 5.41) is 0.405. The lowest BCUT2D eigenvalue weighted by molar-refractivity contribution is -0.129. The minimum absolute atomic E-state index is 0.152. The first-order valence-electron chi connectivity index (χ1n) is 4.58. The van der Waals surface area contributed by atoms with Crippen LogP contribution < -0.4 is 0 Å². The topological polar surface area (TPSA) is 33.2 Å². The van der Waals surface area contributed by atoms with E-state index in [2.05, 4.69) is 20.9 Å². The number of aromatic nitrogens is 1.